The van der Waals surface area contributed by atoms with Crippen LogP contribution >= 0.6 is 0 Å². The van der Waals surface area contributed by atoms with Gasteiger partial charge in [0.25, 0.3) is 15.9 Å². The summed E-state index contributed by atoms with van der Waals surface area (Å²) in [6, 6.07) is 11.8. The van der Waals surface area contributed by atoms with E-state index < -0.39 is 33.5 Å². The number of alkyl halides is 3. The van der Waals surface area contributed by atoms with Gasteiger partial charge in [0.2, 0.25) is 0 Å². The molecule has 0 bridgehead atoms. The highest BCUT2D eigenvalue weighted by Gasteiger charge is 2.30. The van der Waals surface area contributed by atoms with Crippen molar-refractivity contribution in [1.29, 1.82) is 0 Å². The van der Waals surface area contributed by atoms with Gasteiger partial charge in [0.05, 0.1) is 16.2 Å². The summed E-state index contributed by atoms with van der Waals surface area (Å²) in [7, 11) is -4.16. The predicted molar refractivity (Wildman–Crippen MR) is 122 cm³/mol. The molecule has 0 unspecified atom stereocenters. The zero-order valence-electron chi connectivity index (χ0n) is 18.5. The minimum atomic E-state index is -4.47. The minimum absolute atomic E-state index is 0.0871. The Morgan fingerprint density at radius 2 is 1.69 bits per heavy atom. The van der Waals surface area contributed by atoms with Gasteiger partial charge in [-0.3, -0.25) is 14.1 Å². The monoisotopic (exact) mass is 507 g/mol. The number of aromatic nitrogens is 1. The zero-order chi connectivity index (χ0) is 25.8. The highest BCUT2D eigenvalue weighted by Crippen LogP contribution is 2.31. The summed E-state index contributed by atoms with van der Waals surface area (Å²) in [5.74, 6) is -1.39. The molecule has 3 aromatic rings. The molecule has 1 heterocycles. The standard InChI is InChI=1S/C24H21F4N3O3S/c1-3-31(35(33,34)21-12-10-20(25)11-13-21)16(2)23(32)30-15-18-5-4-14-29-22(18)17-6-8-19(9-7-17)24(26,27)28/h4-14H,2-3,15H2,1H3,(H,30,32). The van der Waals surface area contributed by atoms with Crippen molar-refractivity contribution in [1.82, 2.24) is 14.6 Å². The lowest BCUT2D eigenvalue weighted by Crippen LogP contribution is -2.38. The third-order valence-electron chi connectivity index (χ3n) is 5.07. The molecule has 0 saturated heterocycles. The van der Waals surface area contributed by atoms with Crippen molar-refractivity contribution in [2.24, 2.45) is 0 Å². The van der Waals surface area contributed by atoms with E-state index in [9.17, 15) is 30.8 Å². The van der Waals surface area contributed by atoms with E-state index in [-0.39, 0.29) is 23.7 Å². The van der Waals surface area contributed by atoms with Gasteiger partial charge < -0.3 is 5.32 Å². The molecular formula is C24H21F4N3O3S. The van der Waals surface area contributed by atoms with Crippen LogP contribution in [0.4, 0.5) is 17.6 Å². The second-order valence-electron chi connectivity index (χ2n) is 7.34. The number of halogens is 4. The number of amides is 1. The highest BCUT2D eigenvalue weighted by atomic mass is 32.2. The van der Waals surface area contributed by atoms with Gasteiger partial charge in [-0.25, -0.2) is 12.8 Å². The lowest BCUT2D eigenvalue weighted by molar-refractivity contribution is -0.137. The molecule has 2 aromatic carbocycles. The summed E-state index contributed by atoms with van der Waals surface area (Å²) in [5, 5.41) is 2.57. The molecule has 6 nitrogen and oxygen atoms in total. The Kier molecular flexibility index (Phi) is 7.59. The molecule has 3 rings (SSSR count). The van der Waals surface area contributed by atoms with Gasteiger partial charge in [0.15, 0.2) is 0 Å². The van der Waals surface area contributed by atoms with Crippen molar-refractivity contribution in [2.45, 2.75) is 24.5 Å². The van der Waals surface area contributed by atoms with E-state index in [0.29, 0.717) is 16.8 Å². The molecular weight excluding hydrogens is 486 g/mol. The summed E-state index contributed by atoms with van der Waals surface area (Å²) in [4.78, 5) is 16.7. The fourth-order valence-electron chi connectivity index (χ4n) is 3.29. The molecule has 0 radical (unpaired) electrons. The smallest absolute Gasteiger partial charge is 0.347 e. The Morgan fingerprint density at radius 3 is 2.26 bits per heavy atom. The molecule has 0 aliphatic carbocycles. The number of sulfonamides is 1. The van der Waals surface area contributed by atoms with Crippen LogP contribution in [-0.4, -0.2) is 30.2 Å². The topological polar surface area (TPSA) is 79.4 Å². The van der Waals surface area contributed by atoms with Crippen LogP contribution in [0.2, 0.25) is 0 Å². The van der Waals surface area contributed by atoms with Gasteiger partial charge in [0.1, 0.15) is 11.5 Å². The molecule has 1 N–H and O–H groups in total. The molecule has 1 amide bonds. The third kappa shape index (κ3) is 5.86. The van der Waals surface area contributed by atoms with Crippen LogP contribution < -0.4 is 5.32 Å². The molecule has 0 aliphatic heterocycles. The molecule has 0 aliphatic rings. The number of hydrogen-bond donors (Lipinski definition) is 1. The minimum Gasteiger partial charge on any atom is -0.347 e. The molecule has 35 heavy (non-hydrogen) atoms. The van der Waals surface area contributed by atoms with Crippen molar-refractivity contribution < 1.29 is 30.8 Å². The summed E-state index contributed by atoms with van der Waals surface area (Å²) >= 11 is 0. The number of pyridine rings is 1. The van der Waals surface area contributed by atoms with Gasteiger partial charge in [0, 0.05) is 24.8 Å². The van der Waals surface area contributed by atoms with E-state index in [2.05, 4.69) is 16.9 Å². The van der Waals surface area contributed by atoms with Crippen molar-refractivity contribution in [3.63, 3.8) is 0 Å². The molecule has 0 spiro atoms. The predicted octanol–water partition coefficient (Wildman–Crippen LogP) is 4.75. The number of carbonyl (C=O) groups is 1. The van der Waals surface area contributed by atoms with Gasteiger partial charge >= 0.3 is 6.18 Å². The van der Waals surface area contributed by atoms with Gasteiger partial charge in [-0.1, -0.05) is 24.8 Å². The van der Waals surface area contributed by atoms with Crippen molar-refractivity contribution in [2.75, 3.05) is 6.54 Å². The number of likely N-dealkylation sites (N-methyl/N-ethyl adjacent to an activating group) is 1. The lowest BCUT2D eigenvalue weighted by atomic mass is 10.0. The van der Waals surface area contributed by atoms with E-state index in [4.69, 9.17) is 0 Å². The summed E-state index contributed by atoms with van der Waals surface area (Å²) in [6.07, 6.45) is -3.01. The van der Waals surface area contributed by atoms with Crippen LogP contribution in [0.25, 0.3) is 11.3 Å². The van der Waals surface area contributed by atoms with Gasteiger partial charge in [-0.15, -0.1) is 0 Å². The fraction of sp³-hybridized carbons (Fsp3) is 0.167. The van der Waals surface area contributed by atoms with Crippen LogP contribution in [0.3, 0.4) is 0 Å². The van der Waals surface area contributed by atoms with Gasteiger partial charge in [-0.2, -0.15) is 13.2 Å². The van der Waals surface area contributed by atoms with E-state index in [1.165, 1.54) is 25.3 Å². The molecule has 1 aromatic heterocycles. The number of carbonyl (C=O) groups excluding carboxylic acids is 1. The second kappa shape index (κ2) is 10.3. The molecule has 0 atom stereocenters. The Balaban J connectivity index is 1.77. The summed E-state index contributed by atoms with van der Waals surface area (Å²) in [6.45, 7) is 4.93. The number of benzene rings is 2. The number of nitrogens with one attached hydrogen (secondary N) is 1. The first-order valence-corrected chi connectivity index (χ1v) is 11.8. The number of hydrogen-bond acceptors (Lipinski definition) is 4. The average Bonchev–Trinajstić information content (AvgIpc) is 2.82. The van der Waals surface area contributed by atoms with Crippen molar-refractivity contribution >= 4 is 15.9 Å². The first-order chi connectivity index (χ1) is 16.4. The van der Waals surface area contributed by atoms with E-state index in [1.807, 2.05) is 0 Å². The number of nitrogens with zero attached hydrogens (tertiary/aromatic N) is 2. The van der Waals surface area contributed by atoms with Crippen LogP contribution in [0, 0.1) is 5.82 Å². The number of rotatable bonds is 8. The van der Waals surface area contributed by atoms with Gasteiger partial charge in [-0.05, 0) is 55.0 Å². The molecule has 0 saturated carbocycles. The average molecular weight is 508 g/mol. The maximum absolute atomic E-state index is 13.2. The summed E-state index contributed by atoms with van der Waals surface area (Å²) < 4.78 is 78.4. The fourth-order valence-corrected chi connectivity index (χ4v) is 4.74. The van der Waals surface area contributed by atoms with E-state index in [0.717, 1.165) is 40.7 Å². The first-order valence-electron chi connectivity index (χ1n) is 10.3. The van der Waals surface area contributed by atoms with Crippen LogP contribution in [0.1, 0.15) is 18.1 Å². The van der Waals surface area contributed by atoms with Crippen molar-refractivity contribution in [3.05, 3.63) is 96.1 Å². The first kappa shape index (κ1) is 25.9. The Bertz CT molecular complexity index is 1320. The Hall–Kier alpha value is -3.73. The molecule has 184 valence electrons. The molecule has 11 heteroatoms. The van der Waals surface area contributed by atoms with Crippen molar-refractivity contribution in [3.8, 4) is 11.3 Å². The SMILES string of the molecule is C=C(C(=O)NCc1cccnc1-c1ccc(C(F)(F)F)cc1)N(CC)S(=O)(=O)c1ccc(F)cc1. The summed E-state index contributed by atoms with van der Waals surface area (Å²) in [5.41, 5.74) is 0.120. The molecule has 0 fully saturated rings. The quantitative estimate of drug-likeness (QED) is 0.353. The highest BCUT2D eigenvalue weighted by molar-refractivity contribution is 7.89. The van der Waals surface area contributed by atoms with E-state index >= 15 is 0 Å². The normalized spacial score (nSPS) is 11.7. The maximum atomic E-state index is 13.2. The Morgan fingerprint density at radius 1 is 1.06 bits per heavy atom. The lowest BCUT2D eigenvalue weighted by Gasteiger charge is -2.24. The Labute approximate surface area is 200 Å². The largest absolute Gasteiger partial charge is 0.416 e. The second-order valence-corrected chi connectivity index (χ2v) is 9.20. The van der Waals surface area contributed by atoms with E-state index in [1.54, 1.807) is 12.1 Å². The third-order valence-corrected chi connectivity index (χ3v) is 7.00. The zero-order valence-corrected chi connectivity index (χ0v) is 19.3. The van der Waals surface area contributed by atoms with Crippen LogP contribution in [0.5, 0.6) is 0 Å². The van der Waals surface area contributed by atoms with Crippen LogP contribution in [-0.2, 0) is 27.5 Å². The maximum Gasteiger partial charge on any atom is 0.416 e. The van der Waals surface area contributed by atoms with Crippen LogP contribution in [0.15, 0.2) is 84.0 Å².